The van der Waals surface area contributed by atoms with E-state index >= 15 is 0 Å². The maximum absolute atomic E-state index is 12.1. The summed E-state index contributed by atoms with van der Waals surface area (Å²) in [7, 11) is 0. The lowest BCUT2D eigenvalue weighted by Crippen LogP contribution is -2.59. The topological polar surface area (TPSA) is 70.6 Å². The van der Waals surface area contributed by atoms with Gasteiger partial charge in [0.1, 0.15) is 11.7 Å². The van der Waals surface area contributed by atoms with Crippen molar-refractivity contribution in [2.24, 2.45) is 0 Å². The van der Waals surface area contributed by atoms with Crippen molar-refractivity contribution >= 4 is 6.09 Å². The van der Waals surface area contributed by atoms with E-state index in [2.05, 4.69) is 17.2 Å². The molecule has 1 amide bonds. The summed E-state index contributed by atoms with van der Waals surface area (Å²) < 4.78 is 5.32. The Balaban J connectivity index is 5.16. The van der Waals surface area contributed by atoms with Crippen molar-refractivity contribution in [3.8, 4) is 0 Å². The minimum absolute atomic E-state index is 0.211. The molecule has 0 aliphatic carbocycles. The van der Waals surface area contributed by atoms with Gasteiger partial charge >= 0.3 is 6.09 Å². The van der Waals surface area contributed by atoms with Gasteiger partial charge in [-0.2, -0.15) is 0 Å². The largest absolute Gasteiger partial charge is 0.444 e. The Hall–Kier alpha value is -1.23. The van der Waals surface area contributed by atoms with Crippen LogP contribution in [0.1, 0.15) is 68.2 Å². The Labute approximate surface area is 135 Å². The van der Waals surface area contributed by atoms with Gasteiger partial charge in [0.15, 0.2) is 0 Å². The first-order valence-electron chi connectivity index (χ1n) is 7.92. The van der Waals surface area contributed by atoms with Crippen LogP contribution in [0.2, 0.25) is 0 Å². The third-order valence-corrected chi connectivity index (χ3v) is 3.40. The van der Waals surface area contributed by atoms with Gasteiger partial charge in [-0.15, -0.1) is 0 Å². The summed E-state index contributed by atoms with van der Waals surface area (Å²) in [5.41, 5.74) is -1.11. The van der Waals surface area contributed by atoms with Gasteiger partial charge in [0, 0.05) is 11.2 Å². The molecule has 0 spiro atoms. The molecule has 1 unspecified atom stereocenters. The number of amides is 1. The van der Waals surface area contributed by atoms with E-state index in [1.807, 2.05) is 55.4 Å². The first kappa shape index (κ1) is 20.8. The summed E-state index contributed by atoms with van der Waals surface area (Å²) in [5, 5.41) is 16.7. The van der Waals surface area contributed by atoms with E-state index in [0.29, 0.717) is 18.5 Å². The quantitative estimate of drug-likeness (QED) is 0.703. The van der Waals surface area contributed by atoms with E-state index in [1.54, 1.807) is 0 Å². The van der Waals surface area contributed by atoms with Gasteiger partial charge < -0.3 is 20.5 Å². The lowest BCUT2D eigenvalue weighted by molar-refractivity contribution is 0.0251. The molecule has 0 aromatic rings. The number of carbonyl (C=O) groups excluding carboxylic acids is 1. The van der Waals surface area contributed by atoms with E-state index in [4.69, 9.17) is 4.74 Å². The summed E-state index contributed by atoms with van der Waals surface area (Å²) in [4.78, 5) is 12.1. The average molecular weight is 314 g/mol. The van der Waals surface area contributed by atoms with Crippen LogP contribution in [-0.2, 0) is 4.74 Å². The molecule has 3 N–H and O–H groups in total. The Kier molecular flexibility index (Phi) is 6.95. The Morgan fingerprint density at radius 3 is 1.86 bits per heavy atom. The van der Waals surface area contributed by atoms with Gasteiger partial charge in [-0.05, 0) is 54.4 Å². The molecule has 0 bridgehead atoms. The highest BCUT2D eigenvalue weighted by Gasteiger charge is 2.39. The third kappa shape index (κ3) is 6.69. The van der Waals surface area contributed by atoms with Gasteiger partial charge in [0.05, 0.1) is 5.54 Å². The second kappa shape index (κ2) is 7.36. The van der Waals surface area contributed by atoms with E-state index in [9.17, 15) is 9.90 Å². The van der Waals surface area contributed by atoms with Gasteiger partial charge in [-0.25, -0.2) is 4.79 Å². The van der Waals surface area contributed by atoms with Gasteiger partial charge in [0.2, 0.25) is 0 Å². The Bertz CT molecular complexity index is 388. The van der Waals surface area contributed by atoms with E-state index in [0.717, 1.165) is 0 Å². The van der Waals surface area contributed by atoms with Gasteiger partial charge in [-0.1, -0.05) is 20.4 Å². The predicted molar refractivity (Wildman–Crippen MR) is 90.7 cm³/mol. The van der Waals surface area contributed by atoms with E-state index in [1.165, 1.54) is 0 Å². The summed E-state index contributed by atoms with van der Waals surface area (Å²) >= 11 is 0. The molecule has 0 radical (unpaired) electrons. The zero-order valence-electron chi connectivity index (χ0n) is 15.5. The fraction of sp³-hybridized carbons (Fsp3) is 0.824. The number of aliphatic hydroxyl groups is 1. The second-order valence-electron chi connectivity index (χ2n) is 7.79. The van der Waals surface area contributed by atoms with Crippen LogP contribution in [0.3, 0.4) is 0 Å². The summed E-state index contributed by atoms with van der Waals surface area (Å²) in [6.07, 6.45) is -0.309. The Morgan fingerprint density at radius 2 is 1.55 bits per heavy atom. The highest BCUT2D eigenvalue weighted by molar-refractivity contribution is 5.69. The zero-order valence-corrected chi connectivity index (χ0v) is 15.5. The molecule has 5 heteroatoms. The molecule has 22 heavy (non-hydrogen) atoms. The van der Waals surface area contributed by atoms with E-state index < -0.39 is 23.3 Å². The molecule has 0 rings (SSSR count). The maximum atomic E-state index is 12.1. The minimum Gasteiger partial charge on any atom is -0.444 e. The molecule has 0 saturated heterocycles. The van der Waals surface area contributed by atoms with Crippen LogP contribution in [0.15, 0.2) is 12.3 Å². The van der Waals surface area contributed by atoms with E-state index in [-0.39, 0.29) is 5.54 Å². The number of aliphatic hydroxyl groups excluding tert-OH is 1. The highest BCUT2D eigenvalue weighted by Crippen LogP contribution is 2.25. The van der Waals surface area contributed by atoms with Crippen LogP contribution < -0.4 is 10.6 Å². The van der Waals surface area contributed by atoms with Crippen molar-refractivity contribution in [3.05, 3.63) is 12.3 Å². The smallest absolute Gasteiger partial charge is 0.408 e. The van der Waals surface area contributed by atoms with Gasteiger partial charge in [0.25, 0.3) is 0 Å². The summed E-state index contributed by atoms with van der Waals surface area (Å²) in [6, 6.07) is 0. The molecule has 0 aliphatic rings. The maximum Gasteiger partial charge on any atom is 0.408 e. The monoisotopic (exact) mass is 314 g/mol. The molecule has 5 nitrogen and oxygen atoms in total. The third-order valence-electron chi connectivity index (χ3n) is 3.40. The first-order chi connectivity index (χ1) is 9.76. The van der Waals surface area contributed by atoms with Crippen molar-refractivity contribution < 1.29 is 14.6 Å². The fourth-order valence-corrected chi connectivity index (χ4v) is 2.27. The first-order valence-corrected chi connectivity index (χ1v) is 7.92. The molecular weight excluding hydrogens is 280 g/mol. The molecule has 130 valence electrons. The molecule has 0 heterocycles. The standard InChI is InChI=1S/C17H34N2O3/c1-10-17(11-2,19-14(21)22-16(7,8)9)13(20)12(3)18-15(4,5)6/h13,18,20H,3,10-11H2,1-2,4-9H3,(H,19,21). The molecule has 1 atom stereocenters. The molecule has 0 aromatic carbocycles. The van der Waals surface area contributed by atoms with Crippen molar-refractivity contribution in [2.45, 2.75) is 91.0 Å². The van der Waals surface area contributed by atoms with Crippen molar-refractivity contribution in [1.82, 2.24) is 10.6 Å². The SMILES string of the molecule is C=C(NC(C)(C)C)C(O)C(CC)(CC)NC(=O)OC(C)(C)C. The number of ether oxygens (including phenoxy) is 1. The predicted octanol–water partition coefficient (Wildman–Crippen LogP) is 3.33. The number of alkyl carbamates (subject to hydrolysis) is 1. The molecule has 0 aromatic heterocycles. The Morgan fingerprint density at radius 1 is 1.09 bits per heavy atom. The average Bonchev–Trinajstić information content (AvgIpc) is 2.30. The number of carbonyl (C=O) groups is 1. The van der Waals surface area contributed by atoms with Crippen LogP contribution in [0.25, 0.3) is 0 Å². The number of nitrogens with one attached hydrogen (secondary N) is 2. The van der Waals surface area contributed by atoms with Crippen LogP contribution in [-0.4, -0.2) is 34.0 Å². The van der Waals surface area contributed by atoms with Crippen LogP contribution in [0.5, 0.6) is 0 Å². The highest BCUT2D eigenvalue weighted by atomic mass is 16.6. The van der Waals surface area contributed by atoms with Crippen LogP contribution >= 0.6 is 0 Å². The fourth-order valence-electron chi connectivity index (χ4n) is 2.27. The van der Waals surface area contributed by atoms with Crippen molar-refractivity contribution in [3.63, 3.8) is 0 Å². The number of hydrogen-bond acceptors (Lipinski definition) is 4. The minimum atomic E-state index is -0.908. The van der Waals surface area contributed by atoms with Crippen molar-refractivity contribution in [1.29, 1.82) is 0 Å². The van der Waals surface area contributed by atoms with Crippen molar-refractivity contribution in [2.75, 3.05) is 0 Å². The molecule has 0 aliphatic heterocycles. The number of hydrogen-bond donors (Lipinski definition) is 3. The van der Waals surface area contributed by atoms with Gasteiger partial charge in [-0.3, -0.25) is 0 Å². The summed E-state index contributed by atoms with van der Waals surface area (Å²) in [6.45, 7) is 19.2. The lowest BCUT2D eigenvalue weighted by atomic mass is 9.84. The molecular formula is C17H34N2O3. The summed E-state index contributed by atoms with van der Waals surface area (Å²) in [5.74, 6) is 0. The normalized spacial score (nSPS) is 14.2. The number of rotatable bonds is 6. The zero-order chi connectivity index (χ0) is 17.8. The van der Waals surface area contributed by atoms with Crippen LogP contribution in [0, 0.1) is 0 Å². The van der Waals surface area contributed by atoms with Crippen LogP contribution in [0.4, 0.5) is 4.79 Å². The lowest BCUT2D eigenvalue weighted by Gasteiger charge is -2.40. The molecule has 0 fully saturated rings. The molecule has 0 saturated carbocycles. The second-order valence-corrected chi connectivity index (χ2v) is 7.79.